The molecule has 1 unspecified atom stereocenters. The minimum Gasteiger partial charge on any atom is -0.378 e. The van der Waals surface area contributed by atoms with Crippen LogP contribution in [0.3, 0.4) is 0 Å². The van der Waals surface area contributed by atoms with Gasteiger partial charge in [-0.05, 0) is 37.6 Å². The maximum atomic E-state index is 13.9. The molecule has 2 aromatic heterocycles. The van der Waals surface area contributed by atoms with Crippen molar-refractivity contribution < 1.29 is 9.13 Å². The standard InChI is InChI=1S/C24H27ClFN7O/c1-16-13-18(3-4-19(16)26)20-14-21(30-24(29-20)31-9-11-34-12-10-31)33-8-7-32(15-17(33)2)23-22(25)27-5-6-28-23/h3-6,13-14,17H,7-12,15H2,1-2H3. The lowest BCUT2D eigenvalue weighted by Crippen LogP contribution is -2.53. The minimum absolute atomic E-state index is 0.155. The Morgan fingerprint density at radius 2 is 1.79 bits per heavy atom. The van der Waals surface area contributed by atoms with Crippen LogP contribution in [0.1, 0.15) is 12.5 Å². The van der Waals surface area contributed by atoms with E-state index in [1.807, 2.05) is 12.1 Å². The van der Waals surface area contributed by atoms with Gasteiger partial charge in [0.25, 0.3) is 0 Å². The zero-order chi connectivity index (χ0) is 23.7. The highest BCUT2D eigenvalue weighted by atomic mass is 35.5. The number of hydrogen-bond donors (Lipinski definition) is 0. The average molecular weight is 484 g/mol. The van der Waals surface area contributed by atoms with E-state index in [4.69, 9.17) is 26.3 Å². The first kappa shape index (κ1) is 22.7. The number of nitrogens with zero attached hydrogens (tertiary/aromatic N) is 7. The van der Waals surface area contributed by atoms with Crippen LogP contribution in [0.2, 0.25) is 5.15 Å². The normalized spacial score (nSPS) is 18.9. The second-order valence-corrected chi connectivity index (χ2v) is 8.99. The van der Waals surface area contributed by atoms with Crippen LogP contribution in [0.15, 0.2) is 36.7 Å². The van der Waals surface area contributed by atoms with Crippen LogP contribution in [0.4, 0.5) is 22.0 Å². The summed E-state index contributed by atoms with van der Waals surface area (Å²) in [5.74, 6) is 2.00. The van der Waals surface area contributed by atoms with Gasteiger partial charge in [-0.3, -0.25) is 0 Å². The number of aromatic nitrogens is 4. The van der Waals surface area contributed by atoms with Crippen LogP contribution >= 0.6 is 11.6 Å². The highest BCUT2D eigenvalue weighted by Gasteiger charge is 2.28. The summed E-state index contributed by atoms with van der Waals surface area (Å²) < 4.78 is 19.4. The van der Waals surface area contributed by atoms with Crippen LogP contribution in [0, 0.1) is 12.7 Å². The van der Waals surface area contributed by atoms with Gasteiger partial charge in [0.2, 0.25) is 5.95 Å². The molecule has 2 fully saturated rings. The lowest BCUT2D eigenvalue weighted by molar-refractivity contribution is 0.122. The van der Waals surface area contributed by atoms with Gasteiger partial charge in [-0.25, -0.2) is 19.3 Å². The van der Waals surface area contributed by atoms with Crippen molar-refractivity contribution in [1.82, 2.24) is 19.9 Å². The molecule has 34 heavy (non-hydrogen) atoms. The van der Waals surface area contributed by atoms with Crippen molar-refractivity contribution in [3.8, 4) is 11.3 Å². The van der Waals surface area contributed by atoms with Crippen LogP contribution < -0.4 is 14.7 Å². The third-order valence-corrected chi connectivity index (χ3v) is 6.57. The number of hydrogen-bond acceptors (Lipinski definition) is 8. The molecule has 0 radical (unpaired) electrons. The molecule has 0 N–H and O–H groups in total. The van der Waals surface area contributed by atoms with Crippen molar-refractivity contribution in [2.75, 3.05) is 60.6 Å². The van der Waals surface area contributed by atoms with Crippen molar-refractivity contribution in [3.05, 3.63) is 53.2 Å². The van der Waals surface area contributed by atoms with E-state index in [0.29, 0.717) is 35.7 Å². The largest absolute Gasteiger partial charge is 0.378 e. The summed E-state index contributed by atoms with van der Waals surface area (Å²) in [7, 11) is 0. The number of piperazine rings is 1. The Morgan fingerprint density at radius 3 is 2.53 bits per heavy atom. The Bertz CT molecular complexity index is 1170. The van der Waals surface area contributed by atoms with E-state index in [1.54, 1.807) is 25.4 Å². The van der Waals surface area contributed by atoms with Crippen molar-refractivity contribution in [2.24, 2.45) is 0 Å². The number of aryl methyl sites for hydroxylation is 1. The molecule has 8 nitrogen and oxygen atoms in total. The van der Waals surface area contributed by atoms with Crippen LogP contribution in [0.25, 0.3) is 11.3 Å². The number of ether oxygens (including phenoxy) is 1. The van der Waals surface area contributed by atoms with Gasteiger partial charge in [-0.2, -0.15) is 4.98 Å². The Labute approximate surface area is 203 Å². The molecule has 0 spiro atoms. The number of halogens is 2. The Hall–Kier alpha value is -3.04. The lowest BCUT2D eigenvalue weighted by atomic mass is 10.1. The Morgan fingerprint density at radius 1 is 1.00 bits per heavy atom. The maximum absolute atomic E-state index is 13.9. The Kier molecular flexibility index (Phi) is 6.47. The first-order chi connectivity index (χ1) is 16.5. The molecule has 4 heterocycles. The fourth-order valence-corrected chi connectivity index (χ4v) is 4.67. The molecule has 0 amide bonds. The van der Waals surface area contributed by atoms with Gasteiger partial charge < -0.3 is 19.4 Å². The monoisotopic (exact) mass is 483 g/mol. The molecule has 3 aromatic rings. The van der Waals surface area contributed by atoms with Gasteiger partial charge in [-0.1, -0.05) is 11.6 Å². The molecule has 178 valence electrons. The maximum Gasteiger partial charge on any atom is 0.228 e. The molecule has 0 saturated carbocycles. The van der Waals surface area contributed by atoms with Crippen LogP contribution in [0.5, 0.6) is 0 Å². The second kappa shape index (κ2) is 9.68. The Balaban J connectivity index is 1.47. The number of anilines is 3. The van der Waals surface area contributed by atoms with E-state index < -0.39 is 0 Å². The van der Waals surface area contributed by atoms with E-state index in [9.17, 15) is 4.39 Å². The van der Waals surface area contributed by atoms with E-state index in [1.165, 1.54) is 6.07 Å². The van der Waals surface area contributed by atoms with Crippen molar-refractivity contribution in [2.45, 2.75) is 19.9 Å². The molecule has 2 aliphatic heterocycles. The number of benzene rings is 1. The summed E-state index contributed by atoms with van der Waals surface area (Å²) in [6, 6.07) is 7.25. The summed E-state index contributed by atoms with van der Waals surface area (Å²) in [6.45, 7) is 8.91. The topological polar surface area (TPSA) is 70.5 Å². The number of rotatable bonds is 4. The van der Waals surface area contributed by atoms with Gasteiger partial charge in [-0.15, -0.1) is 0 Å². The van der Waals surface area contributed by atoms with Gasteiger partial charge >= 0.3 is 0 Å². The SMILES string of the molecule is Cc1cc(-c2cc(N3CCN(c4nccnc4Cl)CC3C)nc(N3CCOCC3)n2)ccc1F. The molecule has 1 atom stereocenters. The molecule has 2 saturated heterocycles. The molecular weight excluding hydrogens is 457 g/mol. The van der Waals surface area contributed by atoms with E-state index in [2.05, 4.69) is 31.6 Å². The summed E-state index contributed by atoms with van der Waals surface area (Å²) in [5, 5.41) is 0.411. The molecule has 0 aliphatic carbocycles. The zero-order valence-corrected chi connectivity index (χ0v) is 20.0. The third-order valence-electron chi connectivity index (χ3n) is 6.31. The number of morpholine rings is 1. The van der Waals surface area contributed by atoms with Crippen LogP contribution in [-0.4, -0.2) is 71.9 Å². The first-order valence-corrected chi connectivity index (χ1v) is 11.8. The van der Waals surface area contributed by atoms with Gasteiger partial charge in [0.15, 0.2) is 11.0 Å². The third kappa shape index (κ3) is 4.63. The molecule has 5 rings (SSSR count). The fourth-order valence-electron chi connectivity index (χ4n) is 4.44. The molecule has 1 aromatic carbocycles. The van der Waals surface area contributed by atoms with E-state index >= 15 is 0 Å². The highest BCUT2D eigenvalue weighted by molar-refractivity contribution is 6.31. The smallest absolute Gasteiger partial charge is 0.228 e. The summed E-state index contributed by atoms with van der Waals surface area (Å²) in [4.78, 5) is 25.0. The van der Waals surface area contributed by atoms with Crippen molar-refractivity contribution >= 4 is 29.2 Å². The van der Waals surface area contributed by atoms with Gasteiger partial charge in [0.1, 0.15) is 11.6 Å². The predicted octanol–water partition coefficient (Wildman–Crippen LogP) is 3.59. The highest BCUT2D eigenvalue weighted by Crippen LogP contribution is 2.30. The van der Waals surface area contributed by atoms with Crippen molar-refractivity contribution in [1.29, 1.82) is 0 Å². The fraction of sp³-hybridized carbons (Fsp3) is 0.417. The molecule has 10 heteroatoms. The summed E-state index contributed by atoms with van der Waals surface area (Å²) >= 11 is 6.29. The van der Waals surface area contributed by atoms with Crippen molar-refractivity contribution in [3.63, 3.8) is 0 Å². The minimum atomic E-state index is -0.223. The predicted molar refractivity (Wildman–Crippen MR) is 131 cm³/mol. The van der Waals surface area contributed by atoms with E-state index in [-0.39, 0.29) is 11.9 Å². The second-order valence-electron chi connectivity index (χ2n) is 8.63. The lowest BCUT2D eigenvalue weighted by Gasteiger charge is -2.41. The zero-order valence-electron chi connectivity index (χ0n) is 19.3. The molecule has 0 bridgehead atoms. The van der Waals surface area contributed by atoms with Crippen LogP contribution in [-0.2, 0) is 4.74 Å². The quantitative estimate of drug-likeness (QED) is 0.557. The first-order valence-electron chi connectivity index (χ1n) is 11.5. The summed E-state index contributed by atoms with van der Waals surface area (Å²) in [6.07, 6.45) is 3.26. The van der Waals surface area contributed by atoms with Gasteiger partial charge in [0, 0.05) is 62.8 Å². The van der Waals surface area contributed by atoms with E-state index in [0.717, 1.165) is 49.8 Å². The molecule has 2 aliphatic rings. The van der Waals surface area contributed by atoms with Gasteiger partial charge in [0.05, 0.1) is 18.9 Å². The molecular formula is C24H27ClFN7O. The summed E-state index contributed by atoms with van der Waals surface area (Å²) in [5.41, 5.74) is 2.24. The average Bonchev–Trinajstić information content (AvgIpc) is 2.86.